The van der Waals surface area contributed by atoms with Crippen molar-refractivity contribution in [2.24, 2.45) is 0 Å². The fourth-order valence-electron chi connectivity index (χ4n) is 1.41. The number of nitrogens with zero attached hydrogens (tertiary/aromatic N) is 1. The van der Waals surface area contributed by atoms with Crippen molar-refractivity contribution in [1.29, 1.82) is 0 Å². The summed E-state index contributed by atoms with van der Waals surface area (Å²) in [5.74, 6) is -1.49. The molecule has 19 heavy (non-hydrogen) atoms. The second kappa shape index (κ2) is 5.18. The molecule has 0 atom stereocenters. The largest absolute Gasteiger partial charge is 0.508 e. The lowest BCUT2D eigenvalue weighted by Crippen LogP contribution is -2.16. The van der Waals surface area contributed by atoms with Gasteiger partial charge in [0, 0.05) is 18.2 Å². The maximum absolute atomic E-state index is 11.5. The number of hydrogen-bond donors (Lipinski definition) is 3. The average molecular weight is 261 g/mol. The van der Waals surface area contributed by atoms with Crippen molar-refractivity contribution in [3.05, 3.63) is 48.0 Å². The molecule has 1 heterocycles. The molecule has 0 saturated carbocycles. The molecule has 1 aromatic heterocycles. The van der Waals surface area contributed by atoms with Crippen LogP contribution in [0.5, 0.6) is 17.5 Å². The van der Waals surface area contributed by atoms with E-state index in [1.165, 1.54) is 30.3 Å². The first-order chi connectivity index (χ1) is 9.06. The molecule has 0 spiro atoms. The van der Waals surface area contributed by atoms with Crippen LogP contribution < -0.4 is 4.84 Å². The lowest BCUT2D eigenvalue weighted by Gasteiger charge is -2.03. The summed E-state index contributed by atoms with van der Waals surface area (Å²) >= 11 is 0. The Balaban J connectivity index is 2.06. The fourth-order valence-corrected chi connectivity index (χ4v) is 1.41. The minimum atomic E-state index is -0.787. The van der Waals surface area contributed by atoms with E-state index in [1.54, 1.807) is 12.1 Å². The van der Waals surface area contributed by atoms with Crippen LogP contribution in [0.3, 0.4) is 0 Å². The number of aromatic nitrogens is 1. The normalized spacial score (nSPS) is 10.7. The Morgan fingerprint density at radius 2 is 1.79 bits per heavy atom. The first-order valence-corrected chi connectivity index (χ1v) is 5.35. The monoisotopic (exact) mass is 261 g/mol. The molecule has 0 aliphatic heterocycles. The maximum Gasteiger partial charge on any atom is 0.356 e. The van der Waals surface area contributed by atoms with Crippen LogP contribution in [0.25, 0.3) is 6.08 Å². The maximum atomic E-state index is 11.5. The topological polar surface area (TPSA) is 91.9 Å². The second-order valence-corrected chi connectivity index (χ2v) is 3.68. The Bertz CT molecular complexity index is 610. The summed E-state index contributed by atoms with van der Waals surface area (Å²) in [6.45, 7) is 0. The smallest absolute Gasteiger partial charge is 0.356 e. The molecule has 0 amide bonds. The minimum Gasteiger partial charge on any atom is -0.508 e. The van der Waals surface area contributed by atoms with Gasteiger partial charge in [-0.1, -0.05) is 12.1 Å². The summed E-state index contributed by atoms with van der Waals surface area (Å²) in [7, 11) is 0. The third-order valence-corrected chi connectivity index (χ3v) is 2.26. The van der Waals surface area contributed by atoms with E-state index in [4.69, 9.17) is 4.84 Å². The fraction of sp³-hybridized carbons (Fsp3) is 0. The Kier molecular flexibility index (Phi) is 3.42. The average Bonchev–Trinajstić information content (AvgIpc) is 2.68. The number of carbonyl (C=O) groups excluding carboxylic acids is 1. The summed E-state index contributed by atoms with van der Waals surface area (Å²) in [4.78, 5) is 16.2. The van der Waals surface area contributed by atoms with Crippen molar-refractivity contribution < 1.29 is 25.0 Å². The van der Waals surface area contributed by atoms with Crippen molar-refractivity contribution >= 4 is 12.0 Å². The summed E-state index contributed by atoms with van der Waals surface area (Å²) in [5, 5.41) is 27.8. The van der Waals surface area contributed by atoms with Crippen molar-refractivity contribution in [3.8, 4) is 17.5 Å². The van der Waals surface area contributed by atoms with Crippen LogP contribution in [0.4, 0.5) is 0 Å². The molecule has 2 rings (SSSR count). The number of phenols is 1. The highest BCUT2D eigenvalue weighted by molar-refractivity contribution is 5.87. The van der Waals surface area contributed by atoms with E-state index < -0.39 is 17.7 Å². The predicted molar refractivity (Wildman–Crippen MR) is 66.5 cm³/mol. The predicted octanol–water partition coefficient (Wildman–Crippen LogP) is 1.27. The van der Waals surface area contributed by atoms with Gasteiger partial charge in [0.15, 0.2) is 0 Å². The van der Waals surface area contributed by atoms with Gasteiger partial charge in [0.1, 0.15) is 5.75 Å². The molecular formula is C13H11NO5. The SMILES string of the molecule is O=C(C=Cc1cccc(O)c1)On1c(O)ccc1O. The van der Waals surface area contributed by atoms with Gasteiger partial charge in [0.2, 0.25) is 11.8 Å². The zero-order valence-corrected chi connectivity index (χ0v) is 9.72. The highest BCUT2D eigenvalue weighted by Gasteiger charge is 2.09. The van der Waals surface area contributed by atoms with E-state index in [0.29, 0.717) is 10.3 Å². The van der Waals surface area contributed by atoms with Crippen molar-refractivity contribution in [1.82, 2.24) is 4.73 Å². The molecule has 3 N–H and O–H groups in total. The third kappa shape index (κ3) is 3.06. The minimum absolute atomic E-state index is 0.0798. The summed E-state index contributed by atoms with van der Waals surface area (Å²) in [5.41, 5.74) is 0.609. The lowest BCUT2D eigenvalue weighted by molar-refractivity contribution is -0.139. The zero-order chi connectivity index (χ0) is 13.8. The van der Waals surface area contributed by atoms with Crippen LogP contribution in [0, 0.1) is 0 Å². The molecular weight excluding hydrogens is 250 g/mol. The van der Waals surface area contributed by atoms with Crippen LogP contribution in [0.1, 0.15) is 5.56 Å². The van der Waals surface area contributed by atoms with E-state index in [9.17, 15) is 20.1 Å². The van der Waals surface area contributed by atoms with Gasteiger partial charge in [-0.3, -0.25) is 0 Å². The number of aromatic hydroxyl groups is 3. The van der Waals surface area contributed by atoms with Gasteiger partial charge in [0.05, 0.1) is 0 Å². The van der Waals surface area contributed by atoms with Gasteiger partial charge in [-0.2, -0.15) is 0 Å². The molecule has 6 nitrogen and oxygen atoms in total. The Morgan fingerprint density at radius 1 is 1.11 bits per heavy atom. The van der Waals surface area contributed by atoms with Crippen LogP contribution in [0.15, 0.2) is 42.5 Å². The molecule has 2 aromatic rings. The van der Waals surface area contributed by atoms with Gasteiger partial charge in [-0.25, -0.2) is 4.79 Å². The van der Waals surface area contributed by atoms with Gasteiger partial charge < -0.3 is 20.2 Å². The van der Waals surface area contributed by atoms with Crippen LogP contribution >= 0.6 is 0 Å². The van der Waals surface area contributed by atoms with E-state index in [0.717, 1.165) is 6.08 Å². The quantitative estimate of drug-likeness (QED) is 0.724. The highest BCUT2D eigenvalue weighted by Crippen LogP contribution is 2.18. The number of hydrogen-bond acceptors (Lipinski definition) is 5. The Labute approximate surface area is 108 Å². The number of carbonyl (C=O) groups is 1. The van der Waals surface area contributed by atoms with Gasteiger partial charge >= 0.3 is 5.97 Å². The lowest BCUT2D eigenvalue weighted by atomic mass is 10.2. The van der Waals surface area contributed by atoms with Gasteiger partial charge in [-0.15, -0.1) is 4.73 Å². The summed E-state index contributed by atoms with van der Waals surface area (Å²) < 4.78 is 0.592. The first kappa shape index (κ1) is 12.6. The molecule has 98 valence electrons. The second-order valence-electron chi connectivity index (χ2n) is 3.68. The Morgan fingerprint density at radius 3 is 2.42 bits per heavy atom. The van der Waals surface area contributed by atoms with Crippen molar-refractivity contribution in [2.75, 3.05) is 0 Å². The summed E-state index contributed by atoms with van der Waals surface area (Å²) in [6, 6.07) is 8.65. The number of rotatable bonds is 3. The van der Waals surface area contributed by atoms with Crippen molar-refractivity contribution in [3.63, 3.8) is 0 Å². The van der Waals surface area contributed by atoms with E-state index in [2.05, 4.69) is 0 Å². The van der Waals surface area contributed by atoms with Gasteiger partial charge in [-0.05, 0) is 23.8 Å². The molecule has 0 fully saturated rings. The van der Waals surface area contributed by atoms with Crippen LogP contribution in [-0.4, -0.2) is 26.0 Å². The van der Waals surface area contributed by atoms with E-state index in [-0.39, 0.29) is 5.75 Å². The summed E-state index contributed by atoms with van der Waals surface area (Å²) in [6.07, 6.45) is 2.54. The molecule has 0 radical (unpaired) electrons. The van der Waals surface area contributed by atoms with Crippen LogP contribution in [-0.2, 0) is 4.79 Å². The number of benzene rings is 1. The molecule has 0 aliphatic carbocycles. The van der Waals surface area contributed by atoms with Gasteiger partial charge in [0.25, 0.3) is 0 Å². The van der Waals surface area contributed by atoms with E-state index >= 15 is 0 Å². The molecule has 0 bridgehead atoms. The van der Waals surface area contributed by atoms with E-state index in [1.807, 2.05) is 0 Å². The standard InChI is InChI=1S/C13H11NO5/c15-10-3-1-2-9(8-10)4-7-13(18)19-14-11(16)5-6-12(14)17/h1-8,15-17H. The van der Waals surface area contributed by atoms with Crippen LogP contribution in [0.2, 0.25) is 0 Å². The molecule has 0 saturated heterocycles. The zero-order valence-electron chi connectivity index (χ0n) is 9.72. The number of phenolic OH excluding ortho intramolecular Hbond substituents is 1. The molecule has 0 unspecified atom stereocenters. The van der Waals surface area contributed by atoms with Crippen molar-refractivity contribution in [2.45, 2.75) is 0 Å². The molecule has 0 aliphatic rings. The molecule has 1 aromatic carbocycles. The molecule has 6 heteroatoms. The third-order valence-electron chi connectivity index (χ3n) is 2.26. The first-order valence-electron chi connectivity index (χ1n) is 5.35. The Hall–Kier alpha value is -2.89. The highest BCUT2D eigenvalue weighted by atomic mass is 16.7.